The van der Waals surface area contributed by atoms with Crippen molar-refractivity contribution in [3.63, 3.8) is 0 Å². The highest BCUT2D eigenvalue weighted by Gasteiger charge is 2.12. The van der Waals surface area contributed by atoms with E-state index in [4.69, 9.17) is 0 Å². The van der Waals surface area contributed by atoms with Gasteiger partial charge in [-0.05, 0) is 41.6 Å². The lowest BCUT2D eigenvalue weighted by Crippen LogP contribution is -2.16. The minimum Gasteiger partial charge on any atom is -0.371 e. The van der Waals surface area contributed by atoms with Crippen molar-refractivity contribution in [3.8, 4) is 11.1 Å². The molecule has 0 spiro atoms. The van der Waals surface area contributed by atoms with Crippen molar-refractivity contribution in [1.29, 1.82) is 0 Å². The molecule has 2 heteroatoms. The maximum atomic E-state index is 2.50. The molecule has 1 nitrogen and oxygen atoms in total. The Hall–Kier alpha value is -1.33. The van der Waals surface area contributed by atoms with Crippen LogP contribution >= 0.6 is 8.19 Å². The van der Waals surface area contributed by atoms with Crippen LogP contribution in [0.2, 0.25) is 0 Å². The number of benzene rings is 1. The van der Waals surface area contributed by atoms with E-state index >= 15 is 0 Å². The summed E-state index contributed by atoms with van der Waals surface area (Å²) >= 11 is 0. The van der Waals surface area contributed by atoms with Crippen molar-refractivity contribution in [3.05, 3.63) is 48.0 Å². The topological polar surface area (TPSA) is 3.24 Å². The van der Waals surface area contributed by atoms with Crippen molar-refractivity contribution in [1.82, 2.24) is 0 Å². The molecule has 0 atom stereocenters. The zero-order chi connectivity index (χ0) is 11.5. The summed E-state index contributed by atoms with van der Waals surface area (Å²) in [6, 6.07) is 13.0. The van der Waals surface area contributed by atoms with Crippen molar-refractivity contribution < 1.29 is 0 Å². The number of hydrogen-bond acceptors (Lipinski definition) is 1. The van der Waals surface area contributed by atoms with Gasteiger partial charge in [-0.15, -0.1) is 0 Å². The lowest BCUT2D eigenvalue weighted by molar-refractivity contribution is 0.949. The predicted octanol–water partition coefficient (Wildman–Crippen LogP) is 4.53. The lowest BCUT2D eigenvalue weighted by atomic mass is 10.1. The van der Waals surface area contributed by atoms with Gasteiger partial charge in [-0.2, -0.15) is 0 Å². The van der Waals surface area contributed by atoms with Gasteiger partial charge in [0, 0.05) is 18.8 Å². The molecule has 3 rings (SSSR count). The summed E-state index contributed by atoms with van der Waals surface area (Å²) in [5, 5.41) is 0. The molecule has 17 heavy (non-hydrogen) atoms. The first-order valence-corrected chi connectivity index (χ1v) is 7.22. The second-order valence-corrected chi connectivity index (χ2v) is 5.31. The number of hydrogen-bond donors (Lipinski definition) is 0. The van der Waals surface area contributed by atoms with Crippen LogP contribution in [0.1, 0.15) is 12.8 Å². The minimum atomic E-state index is 1.22. The molecule has 1 saturated heterocycles. The van der Waals surface area contributed by atoms with Crippen LogP contribution in [-0.4, -0.2) is 13.1 Å². The Morgan fingerprint density at radius 1 is 0.882 bits per heavy atom. The number of nitrogens with zero attached hydrogens (tertiary/aromatic N) is 1. The molecule has 0 bridgehead atoms. The Labute approximate surface area is 104 Å². The smallest absolute Gasteiger partial charge is 0.0418 e. The molecule has 2 heterocycles. The van der Waals surface area contributed by atoms with Crippen LogP contribution in [0.3, 0.4) is 0 Å². The highest BCUT2D eigenvalue weighted by Crippen LogP contribution is 2.30. The second kappa shape index (κ2) is 4.89. The molecule has 0 aliphatic carbocycles. The second-order valence-electron chi connectivity index (χ2n) is 4.49. The highest BCUT2D eigenvalue weighted by molar-refractivity contribution is 7.28. The Balaban J connectivity index is 1.94. The van der Waals surface area contributed by atoms with E-state index in [0.717, 1.165) is 0 Å². The average molecular weight is 241 g/mol. The normalized spacial score (nSPS) is 15.6. The number of rotatable bonds is 2. The van der Waals surface area contributed by atoms with Gasteiger partial charge in [-0.1, -0.05) is 38.5 Å². The first kappa shape index (κ1) is 10.8. The summed E-state index contributed by atoms with van der Waals surface area (Å²) in [6.45, 7) is 2.44. The van der Waals surface area contributed by atoms with E-state index in [-0.39, 0.29) is 0 Å². The molecule has 1 aliphatic heterocycles. The lowest BCUT2D eigenvalue weighted by Gasteiger charge is -2.18. The first-order valence-electron chi connectivity index (χ1n) is 6.19. The van der Waals surface area contributed by atoms with Crippen LogP contribution in [0.4, 0.5) is 5.69 Å². The van der Waals surface area contributed by atoms with Gasteiger partial charge in [0.1, 0.15) is 0 Å². The van der Waals surface area contributed by atoms with Crippen LogP contribution in [0.15, 0.2) is 48.0 Å². The van der Waals surface area contributed by atoms with Gasteiger partial charge in [-0.25, -0.2) is 0 Å². The fourth-order valence-corrected chi connectivity index (χ4v) is 3.21. The van der Waals surface area contributed by atoms with E-state index in [1.165, 1.54) is 50.9 Å². The summed E-state index contributed by atoms with van der Waals surface area (Å²) < 4.78 is 0. The third-order valence-corrected chi connectivity index (χ3v) is 4.14. The fraction of sp³-hybridized carbons (Fsp3) is 0.267. The van der Waals surface area contributed by atoms with Crippen LogP contribution in [0, 0.1) is 0 Å². The van der Waals surface area contributed by atoms with Crippen molar-refractivity contribution in [2.24, 2.45) is 0 Å². The summed E-state index contributed by atoms with van der Waals surface area (Å²) in [4.78, 5) is 2.50. The summed E-state index contributed by atoms with van der Waals surface area (Å²) in [5.41, 5.74) is 4.09. The van der Waals surface area contributed by atoms with E-state index in [1.807, 2.05) is 0 Å². The van der Waals surface area contributed by atoms with E-state index in [1.54, 1.807) is 0 Å². The molecule has 1 aromatic heterocycles. The molecule has 0 saturated carbocycles. The molecule has 1 aromatic carbocycles. The standard InChI is InChI=1S/C15H16NP/c1-2-6-13(7-3-1)14-10-15(12-17-11-14)16-8-4-5-9-16/h1-3,6-7,10-12H,4-5,8-9H2. The van der Waals surface area contributed by atoms with E-state index in [0.29, 0.717) is 0 Å². The number of anilines is 1. The molecule has 1 aliphatic rings. The molecule has 0 amide bonds. The van der Waals surface area contributed by atoms with Gasteiger partial charge in [0.25, 0.3) is 0 Å². The Morgan fingerprint density at radius 3 is 2.41 bits per heavy atom. The average Bonchev–Trinajstić information content (AvgIpc) is 2.94. The van der Waals surface area contributed by atoms with Crippen LogP contribution in [-0.2, 0) is 0 Å². The maximum Gasteiger partial charge on any atom is 0.0418 e. The molecule has 0 unspecified atom stereocenters. The van der Waals surface area contributed by atoms with Gasteiger partial charge in [0.15, 0.2) is 0 Å². The van der Waals surface area contributed by atoms with Crippen LogP contribution < -0.4 is 4.90 Å². The zero-order valence-electron chi connectivity index (χ0n) is 9.84. The summed E-state index contributed by atoms with van der Waals surface area (Å²) in [6.07, 6.45) is 2.68. The molecular weight excluding hydrogens is 225 g/mol. The van der Waals surface area contributed by atoms with Crippen LogP contribution in [0.5, 0.6) is 0 Å². The predicted molar refractivity (Wildman–Crippen MR) is 75.8 cm³/mol. The molecular formula is C15H16NP. The largest absolute Gasteiger partial charge is 0.371 e. The molecule has 0 radical (unpaired) electrons. The van der Waals surface area contributed by atoms with E-state index in [9.17, 15) is 0 Å². The zero-order valence-corrected chi connectivity index (χ0v) is 10.7. The van der Waals surface area contributed by atoms with Gasteiger partial charge >= 0.3 is 0 Å². The Kier molecular flexibility index (Phi) is 3.11. The Bertz CT molecular complexity index is 489. The SMILES string of the molecule is c1ccc(-c2cpcc(N3CCCC3)c2)cc1. The van der Waals surface area contributed by atoms with Crippen LogP contribution in [0.25, 0.3) is 11.1 Å². The van der Waals surface area contributed by atoms with Crippen molar-refractivity contribution >= 4 is 13.9 Å². The van der Waals surface area contributed by atoms with E-state index < -0.39 is 0 Å². The van der Waals surface area contributed by atoms with Crippen molar-refractivity contribution in [2.45, 2.75) is 12.8 Å². The minimum absolute atomic E-state index is 1.22. The monoisotopic (exact) mass is 241 g/mol. The molecule has 86 valence electrons. The molecule has 2 aromatic rings. The molecule has 1 fully saturated rings. The quantitative estimate of drug-likeness (QED) is 0.746. The van der Waals surface area contributed by atoms with E-state index in [2.05, 4.69) is 52.9 Å². The highest BCUT2D eigenvalue weighted by atomic mass is 31.0. The van der Waals surface area contributed by atoms with Crippen molar-refractivity contribution in [2.75, 3.05) is 18.0 Å². The van der Waals surface area contributed by atoms with Gasteiger partial charge < -0.3 is 4.90 Å². The molecule has 0 N–H and O–H groups in total. The van der Waals surface area contributed by atoms with Gasteiger partial charge in [-0.3, -0.25) is 0 Å². The summed E-state index contributed by atoms with van der Waals surface area (Å²) in [5.74, 6) is 4.60. The fourth-order valence-electron chi connectivity index (χ4n) is 2.36. The third-order valence-electron chi connectivity index (χ3n) is 3.30. The van der Waals surface area contributed by atoms with Gasteiger partial charge in [0.2, 0.25) is 0 Å². The maximum absolute atomic E-state index is 2.50. The third kappa shape index (κ3) is 2.35. The van der Waals surface area contributed by atoms with Gasteiger partial charge in [0.05, 0.1) is 0 Å². The first-order chi connectivity index (χ1) is 8.43. The Morgan fingerprint density at radius 2 is 1.65 bits per heavy atom. The summed E-state index contributed by atoms with van der Waals surface area (Å²) in [7, 11) is 1.31.